The first-order valence-corrected chi connectivity index (χ1v) is 41.4. The van der Waals surface area contributed by atoms with E-state index in [9.17, 15) is 69.0 Å². The minimum atomic E-state index is -2.11. The smallest absolute Gasteiger partial charge is 0.350 e. The molecule has 25 nitrogen and oxygen atoms in total. The molecule has 0 aromatic heterocycles. The van der Waals surface area contributed by atoms with Gasteiger partial charge in [0.05, 0.1) is 77.5 Å². The first-order valence-electron chi connectivity index (χ1n) is 41.4. The standard InChI is InChI=1S/C50H57NO13.C46H53NO10/c1-28-33(62-45(59)39(63-36(55)24-23-35(53)54)38(30-17-11-8-12-18-30)51-43(57)31-19-13-9-14-20-31)25-50(60)42(64-44(58)32-21-15-10-16-22-32)40-47(5)27-61-48(47,6)26-34(52)49(40,7)41(56)29(2)37(28)46(50,3)4;1-26-31(56-41(53)35(49)34(28-17-11-8-12-18-28)47-39(51)29-19-13-9-14-20-29)23-46(54)38(57-40(52)30-21-15-10-16-22-30)36-43(5)25-55-44(43,6)24-32(48)45(36,7)37(50)27(2)33(26)42(46,3)4/h8-22,29,33-34,38-40,42,52,60H,23-27H2,1-7H3,(H,51,57)(H,53,54);8-22,27,31-32,34-36,38,48-49,54H,23-25H2,1-7H3,(H,47,51)/t29-,33+,34+,38-,39-,40-,42+,47+,48+,49-,50-;27-,31+,32+,34-,35-,36-,38+,43+,44-,45-,46-/m11/s1. The minimum Gasteiger partial charge on any atom is -0.481 e. The van der Waals surface area contributed by atoms with Crippen molar-refractivity contribution in [3.05, 3.63) is 238 Å². The van der Waals surface area contributed by atoms with Crippen molar-refractivity contribution >= 4 is 59.2 Å². The summed E-state index contributed by atoms with van der Waals surface area (Å²) in [5.74, 6) is -11.6. The van der Waals surface area contributed by atoms with Crippen LogP contribution in [0.2, 0.25) is 0 Å². The lowest BCUT2D eigenvalue weighted by molar-refractivity contribution is -0.353. The highest BCUT2D eigenvalue weighted by Gasteiger charge is 2.80. The fourth-order valence-electron chi connectivity index (χ4n) is 21.9. The summed E-state index contributed by atoms with van der Waals surface area (Å²) in [6.45, 7) is 25.3. The number of hydrogen-bond acceptors (Lipinski definition) is 22. The van der Waals surface area contributed by atoms with Crippen molar-refractivity contribution in [2.24, 2.45) is 56.2 Å². The van der Waals surface area contributed by atoms with Crippen molar-refractivity contribution in [3.8, 4) is 0 Å². The van der Waals surface area contributed by atoms with Crippen molar-refractivity contribution < 1.29 is 112 Å². The van der Waals surface area contributed by atoms with Crippen molar-refractivity contribution in [2.45, 2.75) is 219 Å². The second-order valence-corrected chi connectivity index (χ2v) is 36.6. The van der Waals surface area contributed by atoms with Crippen LogP contribution in [0, 0.1) is 56.2 Å². The number of benzene rings is 6. The van der Waals surface area contributed by atoms with Gasteiger partial charge in [0.2, 0.25) is 6.10 Å². The fraction of sp³-hybridized carbons (Fsp3) is 0.479. The van der Waals surface area contributed by atoms with Gasteiger partial charge in [-0.05, 0) is 123 Å². The molecule has 8 N–H and O–H groups in total. The molecule has 0 spiro atoms. The Hall–Kier alpha value is -10.4. The number of aliphatic hydroxyl groups excluding tert-OH is 3. The third-order valence-corrected chi connectivity index (χ3v) is 29.5. The Labute approximate surface area is 703 Å². The van der Waals surface area contributed by atoms with E-state index in [-0.39, 0.29) is 67.2 Å². The Balaban J connectivity index is 0.000000210. The summed E-state index contributed by atoms with van der Waals surface area (Å²) in [5.41, 5.74) is -9.80. The molecule has 2 amide bonds. The highest BCUT2D eigenvalue weighted by molar-refractivity contribution is 5.97. The number of carbonyl (C=O) groups is 10. The monoisotopic (exact) mass is 1660 g/mol. The number of carboxylic acids is 1. The van der Waals surface area contributed by atoms with Crippen LogP contribution in [-0.2, 0) is 61.9 Å². The summed E-state index contributed by atoms with van der Waals surface area (Å²) in [5, 5.41) is 78.2. The van der Waals surface area contributed by atoms with Crippen LogP contribution >= 0.6 is 0 Å². The Kier molecular flexibility index (Phi) is 24.0. The molecule has 6 fully saturated rings. The van der Waals surface area contributed by atoms with E-state index in [0.29, 0.717) is 39.0 Å². The normalized spacial score (nSPS) is 33.7. The molecule has 4 bridgehead atoms. The highest BCUT2D eigenvalue weighted by Crippen LogP contribution is 2.72. The molecular formula is C96H110N2O23. The van der Waals surface area contributed by atoms with E-state index in [2.05, 4.69) is 10.6 Å². The average Bonchev–Trinajstić information content (AvgIpc) is 0.666. The maximum Gasteiger partial charge on any atom is 0.350 e. The predicted molar refractivity (Wildman–Crippen MR) is 440 cm³/mol. The molecule has 22 atom stereocenters. The van der Waals surface area contributed by atoms with Crippen LogP contribution in [0.25, 0.3) is 0 Å². The van der Waals surface area contributed by atoms with E-state index in [1.807, 2.05) is 27.7 Å². The molecule has 121 heavy (non-hydrogen) atoms. The van der Waals surface area contributed by atoms with Gasteiger partial charge in [0, 0.05) is 82.1 Å². The third-order valence-electron chi connectivity index (χ3n) is 29.5. The first kappa shape index (κ1) is 88.4. The average molecular weight is 1660 g/mol. The van der Waals surface area contributed by atoms with Crippen molar-refractivity contribution in [3.63, 3.8) is 0 Å². The number of carbonyl (C=O) groups excluding carboxylic acids is 9. The lowest BCUT2D eigenvalue weighted by Crippen LogP contribution is -2.80. The minimum absolute atomic E-state index is 0.115. The van der Waals surface area contributed by atoms with E-state index in [4.69, 9.17) is 33.2 Å². The molecular weight excluding hydrogens is 1550 g/mol. The Morgan fingerprint density at radius 2 is 0.785 bits per heavy atom. The van der Waals surface area contributed by atoms with Gasteiger partial charge in [0.25, 0.3) is 11.8 Å². The zero-order valence-corrected chi connectivity index (χ0v) is 70.7. The zero-order chi connectivity index (χ0) is 87.9. The predicted octanol–water partition coefficient (Wildman–Crippen LogP) is 11.5. The van der Waals surface area contributed by atoms with Gasteiger partial charge < -0.3 is 74.4 Å². The van der Waals surface area contributed by atoms with Gasteiger partial charge in [0.1, 0.15) is 53.2 Å². The second kappa shape index (κ2) is 32.8. The number of amides is 2. The van der Waals surface area contributed by atoms with Gasteiger partial charge in [0.15, 0.2) is 6.10 Å². The Morgan fingerprint density at radius 3 is 1.13 bits per heavy atom. The number of ketones is 2. The molecule has 8 aliphatic rings. The van der Waals surface area contributed by atoms with Gasteiger partial charge >= 0.3 is 35.8 Å². The molecule has 2 aliphatic heterocycles. The molecule has 0 unspecified atom stereocenters. The van der Waals surface area contributed by atoms with Crippen LogP contribution in [0.4, 0.5) is 0 Å². The largest absolute Gasteiger partial charge is 0.481 e. The number of esters is 5. The van der Waals surface area contributed by atoms with Crippen molar-refractivity contribution in [2.75, 3.05) is 13.2 Å². The third kappa shape index (κ3) is 14.8. The molecule has 6 aromatic rings. The van der Waals surface area contributed by atoms with Crippen molar-refractivity contribution in [1.29, 1.82) is 0 Å². The molecule has 4 saturated carbocycles. The molecule has 25 heteroatoms. The first-order chi connectivity index (χ1) is 56.9. The van der Waals surface area contributed by atoms with E-state index >= 15 is 9.59 Å². The molecule has 14 rings (SSSR count). The Morgan fingerprint density at radius 1 is 0.455 bits per heavy atom. The number of hydrogen-bond donors (Lipinski definition) is 8. The number of Topliss-reactive ketones (excluding diaryl/α,β-unsaturated/α-hetero) is 2. The SMILES string of the molecule is CC1=C2[C@@H](C)C(=O)[C@]3(C)[C@@H](O)C[C@@]4(C)OC[C@@]4(C)[C@H]3[C@H](OC(=O)c3ccccc3)[C@](O)(C[C@@H]1OC(=O)[C@H](O)[C@H](NC(=O)c1ccccc1)c1ccccc1)C2(C)C.CC1=C2[C@@H](C)C(=O)[C@]3(C)[C@@H](O)C[C@]4(C)OC[C@@]4(C)[C@H]3[C@H](OC(=O)c3ccccc3)[C@](O)(C[C@@H]1OC(=O)[C@H](OC(=O)CCC(=O)O)[C@H](NC(=O)c1ccccc1)c1ccccc1)C2(C)C. The van der Waals surface area contributed by atoms with Crippen LogP contribution in [-0.4, -0.2) is 174 Å². The number of aliphatic carboxylic acids is 1. The number of carboxylic acid groups (broad SMARTS) is 1. The van der Waals surface area contributed by atoms with Crippen LogP contribution in [0.3, 0.4) is 0 Å². The van der Waals surface area contributed by atoms with E-state index < -0.39 is 200 Å². The van der Waals surface area contributed by atoms with E-state index in [0.717, 1.165) is 0 Å². The van der Waals surface area contributed by atoms with E-state index in [1.165, 1.54) is 0 Å². The fourth-order valence-corrected chi connectivity index (χ4v) is 21.9. The quantitative estimate of drug-likeness (QED) is 0.0200. The molecule has 2 saturated heterocycles. The molecule has 6 aliphatic carbocycles. The summed E-state index contributed by atoms with van der Waals surface area (Å²) in [6.07, 6.45) is -13.3. The molecule has 2 heterocycles. The van der Waals surface area contributed by atoms with Crippen LogP contribution < -0.4 is 10.6 Å². The van der Waals surface area contributed by atoms with Gasteiger partial charge in [-0.25, -0.2) is 19.2 Å². The lowest BCUT2D eigenvalue weighted by Gasteiger charge is -2.71. The molecule has 642 valence electrons. The van der Waals surface area contributed by atoms with Gasteiger partial charge in [-0.1, -0.05) is 189 Å². The highest BCUT2D eigenvalue weighted by atomic mass is 16.6. The van der Waals surface area contributed by atoms with Crippen LogP contribution in [0.1, 0.15) is 200 Å². The topological polar surface area (TPSA) is 381 Å². The molecule has 0 radical (unpaired) electrons. The summed E-state index contributed by atoms with van der Waals surface area (Å²) in [4.78, 5) is 140. The lowest BCUT2D eigenvalue weighted by atomic mass is 9.39. The second-order valence-electron chi connectivity index (χ2n) is 36.6. The summed E-state index contributed by atoms with van der Waals surface area (Å²) >= 11 is 0. The Bertz CT molecular complexity index is 5060. The maximum atomic E-state index is 15.4. The van der Waals surface area contributed by atoms with E-state index in [1.54, 1.807) is 251 Å². The summed E-state index contributed by atoms with van der Waals surface area (Å²) < 4.78 is 43.7. The number of ether oxygens (including phenoxy) is 7. The summed E-state index contributed by atoms with van der Waals surface area (Å²) in [7, 11) is 0. The molecule has 6 aromatic carbocycles. The van der Waals surface area contributed by atoms with Gasteiger partial charge in [-0.3, -0.25) is 28.8 Å². The zero-order valence-electron chi connectivity index (χ0n) is 70.7. The van der Waals surface area contributed by atoms with Gasteiger partial charge in [-0.15, -0.1) is 0 Å². The number of nitrogens with one attached hydrogen (secondary N) is 2. The summed E-state index contributed by atoms with van der Waals surface area (Å²) in [6, 6.07) is 47.4. The van der Waals surface area contributed by atoms with Gasteiger partial charge in [-0.2, -0.15) is 0 Å². The number of fused-ring (bicyclic) bond motifs is 10. The number of aliphatic hydroxyl groups is 5. The number of rotatable bonds is 20. The van der Waals surface area contributed by atoms with Crippen molar-refractivity contribution in [1.82, 2.24) is 10.6 Å². The van der Waals surface area contributed by atoms with Crippen LogP contribution in [0.15, 0.2) is 204 Å². The maximum absolute atomic E-state index is 15.4. The van der Waals surface area contributed by atoms with Crippen LogP contribution in [0.5, 0.6) is 0 Å².